The van der Waals surface area contributed by atoms with Crippen LogP contribution in [-0.4, -0.2) is 38.4 Å². The van der Waals surface area contributed by atoms with E-state index < -0.39 is 0 Å². The molecule has 0 unspecified atom stereocenters. The zero-order valence-corrected chi connectivity index (χ0v) is 15.0. The van der Waals surface area contributed by atoms with Crippen molar-refractivity contribution in [3.8, 4) is 0 Å². The number of nitrogens with one attached hydrogen (secondary N) is 2. The van der Waals surface area contributed by atoms with Crippen LogP contribution in [0, 0.1) is 5.82 Å². The van der Waals surface area contributed by atoms with Crippen LogP contribution in [0.2, 0.25) is 0 Å². The van der Waals surface area contributed by atoms with E-state index in [2.05, 4.69) is 20.5 Å². The third-order valence-electron chi connectivity index (χ3n) is 4.70. The maximum absolute atomic E-state index is 13.1. The molecular weight excluding hydrogens is 361 g/mol. The van der Waals surface area contributed by atoms with E-state index >= 15 is 0 Å². The van der Waals surface area contributed by atoms with Gasteiger partial charge in [-0.25, -0.2) is 4.39 Å². The molecule has 3 aromatic rings. The molecule has 3 heterocycles. The second-order valence-corrected chi connectivity index (χ2v) is 6.56. The minimum atomic E-state index is -0.389. The van der Waals surface area contributed by atoms with Gasteiger partial charge in [0.15, 0.2) is 5.69 Å². The molecule has 1 aromatic carbocycles. The fourth-order valence-corrected chi connectivity index (χ4v) is 3.20. The minimum absolute atomic E-state index is 0.200. The summed E-state index contributed by atoms with van der Waals surface area (Å²) in [6, 6.07) is 9.12. The minimum Gasteiger partial charge on any atom is -0.346 e. The quantitative estimate of drug-likeness (QED) is 0.726. The number of amides is 2. The molecule has 0 aliphatic carbocycles. The van der Waals surface area contributed by atoms with Gasteiger partial charge in [0.05, 0.1) is 6.54 Å². The second kappa shape index (κ2) is 7.59. The molecule has 0 saturated carbocycles. The first kappa shape index (κ1) is 17.8. The maximum Gasteiger partial charge on any atom is 0.272 e. The van der Waals surface area contributed by atoms with Crippen molar-refractivity contribution in [1.29, 1.82) is 0 Å². The number of benzene rings is 1. The number of pyridine rings is 1. The number of carbonyl (C=O) groups is 2. The van der Waals surface area contributed by atoms with Crippen LogP contribution in [0.3, 0.4) is 0 Å². The Bertz CT molecular complexity index is 1000. The average Bonchev–Trinajstić information content (AvgIpc) is 3.16. The first-order valence-electron chi connectivity index (χ1n) is 8.90. The van der Waals surface area contributed by atoms with Crippen LogP contribution < -0.4 is 5.32 Å². The molecule has 0 fully saturated rings. The van der Waals surface area contributed by atoms with Gasteiger partial charge in [0, 0.05) is 48.7 Å². The van der Waals surface area contributed by atoms with Gasteiger partial charge in [0.25, 0.3) is 11.8 Å². The molecular formula is C20H18FN5O2. The third-order valence-corrected chi connectivity index (χ3v) is 4.70. The molecule has 8 heteroatoms. The SMILES string of the molecule is O=C(NCc1cccnc1)c1n[nH]c2c1CN(C(=O)c1ccc(F)cc1)CC2. The summed E-state index contributed by atoms with van der Waals surface area (Å²) in [4.78, 5) is 30.9. The Hall–Kier alpha value is -3.55. The van der Waals surface area contributed by atoms with Gasteiger partial charge in [-0.1, -0.05) is 6.07 Å². The number of hydrogen-bond donors (Lipinski definition) is 2. The highest BCUT2D eigenvalue weighted by molar-refractivity contribution is 5.96. The van der Waals surface area contributed by atoms with Gasteiger partial charge >= 0.3 is 0 Å². The molecule has 0 spiro atoms. The Kier molecular flexibility index (Phi) is 4.84. The monoisotopic (exact) mass is 379 g/mol. The first-order valence-corrected chi connectivity index (χ1v) is 8.90. The van der Waals surface area contributed by atoms with E-state index in [0.717, 1.165) is 11.3 Å². The van der Waals surface area contributed by atoms with Crippen LogP contribution in [0.5, 0.6) is 0 Å². The van der Waals surface area contributed by atoms with E-state index in [4.69, 9.17) is 0 Å². The van der Waals surface area contributed by atoms with Gasteiger partial charge in [0.2, 0.25) is 0 Å². The second-order valence-electron chi connectivity index (χ2n) is 6.56. The van der Waals surface area contributed by atoms with Crippen LogP contribution in [0.4, 0.5) is 4.39 Å². The third kappa shape index (κ3) is 3.62. The van der Waals surface area contributed by atoms with E-state index in [9.17, 15) is 14.0 Å². The van der Waals surface area contributed by atoms with Crippen molar-refractivity contribution in [3.63, 3.8) is 0 Å². The summed E-state index contributed by atoms with van der Waals surface area (Å²) < 4.78 is 13.1. The zero-order chi connectivity index (χ0) is 19.5. The van der Waals surface area contributed by atoms with E-state index in [-0.39, 0.29) is 29.9 Å². The zero-order valence-electron chi connectivity index (χ0n) is 15.0. The molecule has 7 nitrogen and oxygen atoms in total. The normalized spacial score (nSPS) is 13.1. The molecule has 0 radical (unpaired) electrons. The Morgan fingerprint density at radius 3 is 2.79 bits per heavy atom. The van der Waals surface area contributed by atoms with E-state index in [0.29, 0.717) is 30.6 Å². The van der Waals surface area contributed by atoms with Crippen molar-refractivity contribution in [2.24, 2.45) is 0 Å². The summed E-state index contributed by atoms with van der Waals surface area (Å²) in [5.41, 5.74) is 3.15. The first-order chi connectivity index (χ1) is 13.6. The van der Waals surface area contributed by atoms with Crippen molar-refractivity contribution in [1.82, 2.24) is 25.4 Å². The molecule has 0 atom stereocenters. The van der Waals surface area contributed by atoms with Crippen molar-refractivity contribution in [2.45, 2.75) is 19.5 Å². The number of halogens is 1. The number of rotatable bonds is 4. The van der Waals surface area contributed by atoms with Crippen molar-refractivity contribution >= 4 is 11.8 Å². The Balaban J connectivity index is 1.47. The smallest absolute Gasteiger partial charge is 0.272 e. The summed E-state index contributed by atoms with van der Waals surface area (Å²) >= 11 is 0. The molecule has 28 heavy (non-hydrogen) atoms. The summed E-state index contributed by atoms with van der Waals surface area (Å²) in [6.07, 6.45) is 3.93. The number of H-pyrrole nitrogens is 1. The lowest BCUT2D eigenvalue weighted by molar-refractivity contribution is 0.0731. The molecule has 1 aliphatic heterocycles. The van der Waals surface area contributed by atoms with Gasteiger partial charge < -0.3 is 10.2 Å². The fourth-order valence-electron chi connectivity index (χ4n) is 3.20. The number of aromatic nitrogens is 3. The summed E-state index contributed by atoms with van der Waals surface area (Å²) in [7, 11) is 0. The topological polar surface area (TPSA) is 91.0 Å². The molecule has 0 saturated heterocycles. The fraction of sp³-hybridized carbons (Fsp3) is 0.200. The van der Waals surface area contributed by atoms with Crippen LogP contribution in [0.1, 0.15) is 37.7 Å². The van der Waals surface area contributed by atoms with Crippen LogP contribution in [0.15, 0.2) is 48.8 Å². The summed E-state index contributed by atoms with van der Waals surface area (Å²) in [6.45, 7) is 1.12. The van der Waals surface area contributed by atoms with Gasteiger partial charge in [-0.2, -0.15) is 5.10 Å². The molecule has 0 bridgehead atoms. The molecule has 2 amide bonds. The van der Waals surface area contributed by atoms with Gasteiger partial charge in [-0.05, 0) is 35.9 Å². The molecule has 4 rings (SSSR count). The Labute approximate surface area is 160 Å². The lowest BCUT2D eigenvalue weighted by Crippen LogP contribution is -2.36. The molecule has 2 aromatic heterocycles. The van der Waals surface area contributed by atoms with Crippen molar-refractivity contribution < 1.29 is 14.0 Å². The van der Waals surface area contributed by atoms with Crippen molar-refractivity contribution in [2.75, 3.05) is 6.54 Å². The highest BCUT2D eigenvalue weighted by Gasteiger charge is 2.28. The predicted octanol–water partition coefficient (Wildman–Crippen LogP) is 2.07. The van der Waals surface area contributed by atoms with Crippen LogP contribution in [-0.2, 0) is 19.5 Å². The number of aromatic amines is 1. The van der Waals surface area contributed by atoms with E-state index in [1.54, 1.807) is 23.4 Å². The largest absolute Gasteiger partial charge is 0.346 e. The highest BCUT2D eigenvalue weighted by atomic mass is 19.1. The molecule has 1 aliphatic rings. The van der Waals surface area contributed by atoms with Gasteiger partial charge in [0.1, 0.15) is 5.82 Å². The van der Waals surface area contributed by atoms with Crippen LogP contribution >= 0.6 is 0 Å². The average molecular weight is 379 g/mol. The predicted molar refractivity (Wildman–Crippen MR) is 98.8 cm³/mol. The van der Waals surface area contributed by atoms with Gasteiger partial charge in [-0.15, -0.1) is 0 Å². The Morgan fingerprint density at radius 2 is 2.04 bits per heavy atom. The number of hydrogen-bond acceptors (Lipinski definition) is 4. The highest BCUT2D eigenvalue weighted by Crippen LogP contribution is 2.22. The number of carbonyl (C=O) groups excluding carboxylic acids is 2. The summed E-state index contributed by atoms with van der Waals surface area (Å²) in [5, 5.41) is 9.88. The number of fused-ring (bicyclic) bond motifs is 1. The standard InChI is InChI=1S/C20H18FN5O2/c21-15-5-3-14(4-6-15)20(28)26-9-7-17-16(12-26)18(25-24-17)19(27)23-11-13-2-1-8-22-10-13/h1-6,8,10H,7,9,11-12H2,(H,23,27)(H,24,25). The molecule has 142 valence electrons. The maximum atomic E-state index is 13.1. The van der Waals surface area contributed by atoms with Gasteiger partial charge in [-0.3, -0.25) is 19.7 Å². The lowest BCUT2D eigenvalue weighted by atomic mass is 10.0. The lowest BCUT2D eigenvalue weighted by Gasteiger charge is -2.27. The summed E-state index contributed by atoms with van der Waals surface area (Å²) in [5.74, 6) is -0.897. The van der Waals surface area contributed by atoms with Crippen molar-refractivity contribution in [3.05, 3.63) is 82.7 Å². The molecule has 2 N–H and O–H groups in total. The number of nitrogens with zero attached hydrogens (tertiary/aromatic N) is 3. The van der Waals surface area contributed by atoms with E-state index in [1.807, 2.05) is 6.07 Å². The van der Waals surface area contributed by atoms with Crippen LogP contribution in [0.25, 0.3) is 0 Å². The Morgan fingerprint density at radius 1 is 1.21 bits per heavy atom. The van der Waals surface area contributed by atoms with E-state index in [1.165, 1.54) is 24.3 Å².